The molecule has 0 radical (unpaired) electrons. The zero-order valence-corrected chi connectivity index (χ0v) is 15.2. The largest absolute Gasteiger partial charge is 0.350 e. The third-order valence-corrected chi connectivity index (χ3v) is 4.51. The number of rotatable bonds is 6. The van der Waals surface area contributed by atoms with Crippen LogP contribution in [0.1, 0.15) is 43.1 Å². The van der Waals surface area contributed by atoms with Crippen molar-refractivity contribution in [2.75, 3.05) is 6.54 Å². The minimum absolute atomic E-state index is 0.0342. The van der Waals surface area contributed by atoms with Crippen LogP contribution in [0.25, 0.3) is 11.1 Å². The molecule has 130 valence electrons. The highest BCUT2D eigenvalue weighted by Crippen LogP contribution is 2.24. The fraction of sp³-hybridized carbons (Fsp3) is 0.318. The summed E-state index contributed by atoms with van der Waals surface area (Å²) in [5.41, 5.74) is 9.66. The maximum atomic E-state index is 12.6. The van der Waals surface area contributed by atoms with Gasteiger partial charge in [-0.25, -0.2) is 0 Å². The maximum absolute atomic E-state index is 12.6. The van der Waals surface area contributed by atoms with E-state index in [2.05, 4.69) is 31.0 Å². The van der Waals surface area contributed by atoms with E-state index in [1.54, 1.807) is 0 Å². The molecule has 0 fully saturated rings. The van der Waals surface area contributed by atoms with Crippen LogP contribution < -0.4 is 11.1 Å². The van der Waals surface area contributed by atoms with Gasteiger partial charge < -0.3 is 11.1 Å². The molecule has 0 bridgehead atoms. The first-order valence-electron chi connectivity index (χ1n) is 8.72. The molecule has 0 aliphatic carbocycles. The molecule has 2 aromatic carbocycles. The molecule has 2 aromatic rings. The van der Waals surface area contributed by atoms with Crippen molar-refractivity contribution in [3.8, 4) is 23.0 Å². The average molecular weight is 334 g/mol. The lowest BCUT2D eigenvalue weighted by atomic mass is 9.97. The van der Waals surface area contributed by atoms with E-state index >= 15 is 0 Å². The first-order chi connectivity index (χ1) is 12.1. The summed E-state index contributed by atoms with van der Waals surface area (Å²) in [7, 11) is 0. The highest BCUT2D eigenvalue weighted by atomic mass is 16.1. The van der Waals surface area contributed by atoms with Crippen molar-refractivity contribution < 1.29 is 4.79 Å². The van der Waals surface area contributed by atoms with Crippen LogP contribution in [0.4, 0.5) is 0 Å². The average Bonchev–Trinajstić information content (AvgIpc) is 2.66. The van der Waals surface area contributed by atoms with E-state index in [-0.39, 0.29) is 11.9 Å². The lowest BCUT2D eigenvalue weighted by Crippen LogP contribution is -2.41. The van der Waals surface area contributed by atoms with Gasteiger partial charge in [0.2, 0.25) is 0 Å². The second kappa shape index (κ2) is 9.05. The van der Waals surface area contributed by atoms with Gasteiger partial charge in [0.15, 0.2) is 0 Å². The van der Waals surface area contributed by atoms with E-state index in [4.69, 9.17) is 5.73 Å². The third-order valence-electron chi connectivity index (χ3n) is 4.51. The van der Waals surface area contributed by atoms with Crippen molar-refractivity contribution in [1.29, 1.82) is 0 Å². The number of hydrogen-bond donors (Lipinski definition) is 2. The molecule has 0 aliphatic heterocycles. The molecule has 0 heterocycles. The second-order valence-corrected chi connectivity index (χ2v) is 6.26. The summed E-state index contributed by atoms with van der Waals surface area (Å²) >= 11 is 0. The SMILES string of the molecule is CC#Cc1ccc(-c2ccccc2C(=O)NC[C@@H](N)[C@@H](C)CC)cc1. The molecular formula is C22H26N2O. The molecule has 2 rings (SSSR count). The van der Waals surface area contributed by atoms with E-state index < -0.39 is 0 Å². The molecule has 0 aliphatic rings. The maximum Gasteiger partial charge on any atom is 0.251 e. The summed E-state index contributed by atoms with van der Waals surface area (Å²) in [5, 5.41) is 2.97. The summed E-state index contributed by atoms with van der Waals surface area (Å²) < 4.78 is 0. The Labute approximate surface area is 150 Å². The van der Waals surface area contributed by atoms with Crippen LogP contribution in [-0.4, -0.2) is 18.5 Å². The van der Waals surface area contributed by atoms with E-state index in [1.807, 2.05) is 55.5 Å². The zero-order valence-electron chi connectivity index (χ0n) is 15.2. The Morgan fingerprint density at radius 2 is 1.84 bits per heavy atom. The molecule has 3 N–H and O–H groups in total. The molecule has 0 saturated carbocycles. The van der Waals surface area contributed by atoms with Gasteiger partial charge in [-0.05, 0) is 42.2 Å². The Kier molecular flexibility index (Phi) is 6.80. The first-order valence-corrected chi connectivity index (χ1v) is 8.72. The monoisotopic (exact) mass is 334 g/mol. The Hall–Kier alpha value is -2.57. The fourth-order valence-corrected chi connectivity index (χ4v) is 2.62. The summed E-state index contributed by atoms with van der Waals surface area (Å²) in [6.07, 6.45) is 1.00. The van der Waals surface area contributed by atoms with Crippen molar-refractivity contribution in [3.63, 3.8) is 0 Å². The van der Waals surface area contributed by atoms with Crippen molar-refractivity contribution in [2.45, 2.75) is 33.2 Å². The van der Waals surface area contributed by atoms with Crippen LogP contribution in [0.15, 0.2) is 48.5 Å². The minimum atomic E-state index is -0.0909. The fourth-order valence-electron chi connectivity index (χ4n) is 2.62. The summed E-state index contributed by atoms with van der Waals surface area (Å²) in [4.78, 5) is 12.6. The second-order valence-electron chi connectivity index (χ2n) is 6.26. The van der Waals surface area contributed by atoms with Crippen molar-refractivity contribution in [3.05, 3.63) is 59.7 Å². The van der Waals surface area contributed by atoms with Crippen LogP contribution in [0, 0.1) is 17.8 Å². The lowest BCUT2D eigenvalue weighted by molar-refractivity contribution is 0.0949. The molecule has 3 heteroatoms. The van der Waals surface area contributed by atoms with Crippen molar-refractivity contribution >= 4 is 5.91 Å². The standard InChI is InChI=1S/C22H26N2O/c1-4-8-17-11-13-18(14-12-17)19-9-6-7-10-20(19)22(25)24-15-21(23)16(3)5-2/h6-7,9-14,16,21H,5,15,23H2,1-3H3,(H,24,25)/t16-,21+/m0/s1. The van der Waals surface area contributed by atoms with Crippen LogP contribution in [0.3, 0.4) is 0 Å². The van der Waals surface area contributed by atoms with E-state index in [0.29, 0.717) is 18.0 Å². The predicted octanol–water partition coefficient (Wildman–Crippen LogP) is 3.83. The van der Waals surface area contributed by atoms with Gasteiger partial charge in [-0.2, -0.15) is 0 Å². The number of amides is 1. The highest BCUT2D eigenvalue weighted by molar-refractivity contribution is 6.00. The normalized spacial score (nSPS) is 12.6. The van der Waals surface area contributed by atoms with Crippen LogP contribution >= 0.6 is 0 Å². The Bertz CT molecular complexity index is 769. The zero-order chi connectivity index (χ0) is 18.2. The first kappa shape index (κ1) is 18.8. The third kappa shape index (κ3) is 4.95. The molecule has 0 aromatic heterocycles. The summed E-state index contributed by atoms with van der Waals surface area (Å²) in [6.45, 7) is 6.50. The van der Waals surface area contributed by atoms with Gasteiger partial charge in [0.05, 0.1) is 0 Å². The molecular weight excluding hydrogens is 308 g/mol. The van der Waals surface area contributed by atoms with E-state index in [9.17, 15) is 4.79 Å². The molecule has 3 nitrogen and oxygen atoms in total. The number of carbonyl (C=O) groups excluding carboxylic acids is 1. The lowest BCUT2D eigenvalue weighted by Gasteiger charge is -2.19. The van der Waals surface area contributed by atoms with Gasteiger partial charge in [-0.1, -0.05) is 56.5 Å². The predicted molar refractivity (Wildman–Crippen MR) is 104 cm³/mol. The molecule has 0 unspecified atom stereocenters. The Morgan fingerprint density at radius 1 is 1.16 bits per heavy atom. The van der Waals surface area contributed by atoms with Gasteiger partial charge in [0.1, 0.15) is 0 Å². The van der Waals surface area contributed by atoms with Gasteiger partial charge in [-0.3, -0.25) is 4.79 Å². The van der Waals surface area contributed by atoms with Crippen LogP contribution in [0.2, 0.25) is 0 Å². The molecule has 2 atom stereocenters. The molecule has 25 heavy (non-hydrogen) atoms. The number of carbonyl (C=O) groups is 1. The van der Waals surface area contributed by atoms with Gasteiger partial charge in [0.25, 0.3) is 5.91 Å². The van der Waals surface area contributed by atoms with Crippen LogP contribution in [-0.2, 0) is 0 Å². The van der Waals surface area contributed by atoms with Gasteiger partial charge in [-0.15, -0.1) is 5.92 Å². The highest BCUT2D eigenvalue weighted by Gasteiger charge is 2.15. The summed E-state index contributed by atoms with van der Waals surface area (Å²) in [5.74, 6) is 6.20. The van der Waals surface area contributed by atoms with Gasteiger partial charge in [0, 0.05) is 23.7 Å². The Morgan fingerprint density at radius 3 is 2.48 bits per heavy atom. The van der Waals surface area contributed by atoms with E-state index in [0.717, 1.165) is 23.1 Å². The number of hydrogen-bond acceptors (Lipinski definition) is 2. The van der Waals surface area contributed by atoms with Gasteiger partial charge >= 0.3 is 0 Å². The van der Waals surface area contributed by atoms with Crippen LogP contribution in [0.5, 0.6) is 0 Å². The number of nitrogens with one attached hydrogen (secondary N) is 1. The summed E-state index contributed by atoms with van der Waals surface area (Å²) in [6, 6.07) is 15.5. The van der Waals surface area contributed by atoms with Crippen molar-refractivity contribution in [2.24, 2.45) is 11.7 Å². The smallest absolute Gasteiger partial charge is 0.251 e. The van der Waals surface area contributed by atoms with Crippen molar-refractivity contribution in [1.82, 2.24) is 5.32 Å². The number of nitrogens with two attached hydrogens (primary N) is 1. The van der Waals surface area contributed by atoms with E-state index in [1.165, 1.54) is 0 Å². The topological polar surface area (TPSA) is 55.1 Å². The quantitative estimate of drug-likeness (QED) is 0.789. The molecule has 0 saturated heterocycles. The molecule has 1 amide bonds. The Balaban J connectivity index is 2.19. The minimum Gasteiger partial charge on any atom is -0.350 e. The molecule has 0 spiro atoms. The number of benzene rings is 2.